The molecule has 5 aromatic rings. The number of fused-ring (bicyclic) bond motifs is 1. The van der Waals surface area contributed by atoms with Crippen LogP contribution in [-0.4, -0.2) is 43.6 Å². The van der Waals surface area contributed by atoms with Gasteiger partial charge in [0, 0.05) is 16.5 Å². The number of hydrazone groups is 1. The van der Waals surface area contributed by atoms with Gasteiger partial charge in [0.15, 0.2) is 6.04 Å². The number of carbonyl (C=O) groups excluding carboxylic acids is 1. The van der Waals surface area contributed by atoms with Gasteiger partial charge in [-0.05, 0) is 48.7 Å². The van der Waals surface area contributed by atoms with Crippen LogP contribution in [0, 0.1) is 0 Å². The number of hydrogen-bond acceptors (Lipinski definition) is 12. The number of azo groups is 2. The molecule has 6 rings (SSSR count). The molecule has 1 heterocycles. The molecule has 0 aliphatic carbocycles. The summed E-state index contributed by atoms with van der Waals surface area (Å²) in [6, 6.07) is 24.0. The molecule has 0 radical (unpaired) electrons. The quantitative estimate of drug-likeness (QED) is 0.130. The molecule has 1 N–H and O–H groups in total. The van der Waals surface area contributed by atoms with E-state index in [1.165, 1.54) is 18.2 Å². The van der Waals surface area contributed by atoms with Gasteiger partial charge in [-0.2, -0.15) is 39.0 Å². The van der Waals surface area contributed by atoms with Gasteiger partial charge in [-0.15, -0.1) is 0 Å². The van der Waals surface area contributed by atoms with Crippen molar-refractivity contribution in [1.29, 1.82) is 0 Å². The Hall–Kier alpha value is -3.68. The van der Waals surface area contributed by atoms with E-state index in [-0.39, 0.29) is 87.3 Å². The number of para-hydroxylation sites is 1. The Kier molecular flexibility index (Phi) is 12.3. The summed E-state index contributed by atoms with van der Waals surface area (Å²) < 4.78 is 72.2. The van der Waals surface area contributed by atoms with Crippen LogP contribution in [-0.2, 0) is 25.0 Å². The van der Waals surface area contributed by atoms with Gasteiger partial charge < -0.3 is 9.66 Å². The van der Waals surface area contributed by atoms with E-state index in [9.17, 15) is 35.8 Å². The zero-order chi connectivity index (χ0) is 34.2. The van der Waals surface area contributed by atoms with Crippen LogP contribution >= 0.6 is 0 Å². The number of nitrogens with zero attached hydrogens (tertiary/aromatic N) is 6. The van der Waals surface area contributed by atoms with Crippen LogP contribution in [0.5, 0.6) is 5.75 Å². The fraction of sp³-hybridized carbons (Fsp3) is 0.0625. The second-order valence-corrected chi connectivity index (χ2v) is 13.2. The number of anilines is 1. The number of amides is 1. The Balaban J connectivity index is 0.00000281. The molecular formula is C32H22N6Na2O8S2. The molecule has 1 aliphatic rings. The molecule has 1 amide bonds. The van der Waals surface area contributed by atoms with Gasteiger partial charge in [0.2, 0.25) is 0 Å². The third-order valence-corrected chi connectivity index (χ3v) is 9.05. The monoisotopic (exact) mass is 728 g/mol. The molecule has 5 aromatic carbocycles. The Morgan fingerprint density at radius 2 is 1.36 bits per heavy atom. The average Bonchev–Trinajstić information content (AvgIpc) is 3.35. The topological polar surface area (TPSA) is 217 Å². The first kappa shape index (κ1) is 39.1. The summed E-state index contributed by atoms with van der Waals surface area (Å²) in [6.45, 7) is 1.57. The summed E-state index contributed by atoms with van der Waals surface area (Å²) in [6.07, 6.45) is 0. The van der Waals surface area contributed by atoms with Crippen molar-refractivity contribution in [3.05, 3.63) is 103 Å². The number of hydrogen-bond donors (Lipinski definition) is 1. The summed E-state index contributed by atoms with van der Waals surface area (Å²) in [5.74, 6) is -0.933. The molecule has 0 aromatic heterocycles. The van der Waals surface area contributed by atoms with E-state index in [1.807, 2.05) is 0 Å². The largest absolute Gasteiger partial charge is 1.00 e. The summed E-state index contributed by atoms with van der Waals surface area (Å²) >= 11 is 0. The van der Waals surface area contributed by atoms with Crippen LogP contribution in [0.2, 0.25) is 0 Å². The fourth-order valence-corrected chi connectivity index (χ4v) is 6.46. The summed E-state index contributed by atoms with van der Waals surface area (Å²) in [5.41, 5.74) is -0.0916. The van der Waals surface area contributed by atoms with Crippen LogP contribution in [0.25, 0.3) is 21.9 Å². The standard InChI is InChI=1S/C32H24N6O8S2.2Na/c1-19-30(32(40)38(37-19)23-8-3-2-4-9-23)35-33-21-12-14-25(28(17-21)47(41,42)43)26-15-13-22(18-29(26)48(44,45)46)34-36-31-24-10-6-5-7-20(24)11-16-27(31)39;;/h2-18,30,39H,1H3,(H,41,42,43)(H,44,45,46);;/q;2*+1/p-2. The maximum atomic E-state index is 13.0. The van der Waals surface area contributed by atoms with Gasteiger partial charge in [-0.3, -0.25) is 9.35 Å². The minimum Gasteiger partial charge on any atom is -0.871 e. The zero-order valence-electron chi connectivity index (χ0n) is 26.7. The Labute approximate surface area is 330 Å². The van der Waals surface area contributed by atoms with Crippen molar-refractivity contribution in [2.24, 2.45) is 25.6 Å². The van der Waals surface area contributed by atoms with Gasteiger partial charge in [0.05, 0.1) is 33.4 Å². The van der Waals surface area contributed by atoms with Crippen molar-refractivity contribution in [3.8, 4) is 16.9 Å². The molecule has 0 fully saturated rings. The van der Waals surface area contributed by atoms with Crippen molar-refractivity contribution in [3.63, 3.8) is 0 Å². The first-order chi connectivity index (χ1) is 22.8. The van der Waals surface area contributed by atoms with Crippen molar-refractivity contribution in [2.75, 3.05) is 5.01 Å². The molecule has 1 aliphatic heterocycles. The van der Waals surface area contributed by atoms with Gasteiger partial charge in [0.25, 0.3) is 16.0 Å². The Morgan fingerprint density at radius 1 is 0.760 bits per heavy atom. The molecule has 18 heteroatoms. The normalized spacial score (nSPS) is 14.9. The number of rotatable bonds is 8. The molecule has 0 bridgehead atoms. The average molecular weight is 729 g/mol. The Morgan fingerprint density at radius 3 is 2.02 bits per heavy atom. The predicted molar refractivity (Wildman–Crippen MR) is 173 cm³/mol. The first-order valence-corrected chi connectivity index (χ1v) is 16.8. The summed E-state index contributed by atoms with van der Waals surface area (Å²) in [4.78, 5) is 11.3. The molecule has 1 atom stereocenters. The van der Waals surface area contributed by atoms with Crippen LogP contribution in [0.3, 0.4) is 0 Å². The molecule has 0 saturated carbocycles. The fourth-order valence-electron chi connectivity index (χ4n) is 5.03. The van der Waals surface area contributed by atoms with Crippen LogP contribution in [0.4, 0.5) is 22.7 Å². The third kappa shape index (κ3) is 8.26. The minimum atomic E-state index is -5.26. The van der Waals surface area contributed by atoms with E-state index in [2.05, 4.69) is 25.6 Å². The van der Waals surface area contributed by atoms with E-state index < -0.39 is 47.7 Å². The van der Waals surface area contributed by atoms with Gasteiger partial charge in [-0.25, -0.2) is 8.42 Å². The van der Waals surface area contributed by atoms with Gasteiger partial charge in [-0.1, -0.05) is 72.5 Å². The van der Waals surface area contributed by atoms with E-state index >= 15 is 0 Å². The first-order valence-electron chi connectivity index (χ1n) is 14.0. The number of benzene rings is 5. The van der Waals surface area contributed by atoms with Gasteiger partial charge in [0.1, 0.15) is 15.0 Å². The Bertz CT molecular complexity index is 2430. The molecular weight excluding hydrogens is 707 g/mol. The SMILES string of the molecule is CC1=NN(c2ccccc2)C(=O)C1N=Nc1ccc(-c2ccc(N=Nc3c([O-])ccc4ccccc34)cc2S(=O)(=O)O)c(S(=O)(=O)[O-])c1.[Na+].[Na+]. The zero-order valence-corrected chi connectivity index (χ0v) is 32.3. The molecule has 50 heavy (non-hydrogen) atoms. The second-order valence-electron chi connectivity index (χ2n) is 10.5. The summed E-state index contributed by atoms with van der Waals surface area (Å²) in [5, 5.41) is 35.1. The predicted octanol–water partition coefficient (Wildman–Crippen LogP) is 0.0296. The smallest absolute Gasteiger partial charge is 0.871 e. The maximum Gasteiger partial charge on any atom is 1.00 e. The molecule has 242 valence electrons. The van der Waals surface area contributed by atoms with E-state index in [4.69, 9.17) is 0 Å². The second kappa shape index (κ2) is 15.7. The van der Waals surface area contributed by atoms with Gasteiger partial charge >= 0.3 is 59.1 Å². The van der Waals surface area contributed by atoms with E-state index in [1.54, 1.807) is 67.6 Å². The van der Waals surface area contributed by atoms with Crippen LogP contribution in [0.1, 0.15) is 6.92 Å². The van der Waals surface area contributed by atoms with E-state index in [0.29, 0.717) is 16.8 Å². The van der Waals surface area contributed by atoms with Crippen LogP contribution < -0.4 is 69.2 Å². The molecule has 0 spiro atoms. The van der Waals surface area contributed by atoms with Crippen molar-refractivity contribution < 1.29 is 95.0 Å². The maximum absolute atomic E-state index is 13.0. The van der Waals surface area contributed by atoms with Crippen molar-refractivity contribution >= 4 is 65.4 Å². The van der Waals surface area contributed by atoms with Crippen molar-refractivity contribution in [2.45, 2.75) is 22.8 Å². The molecule has 14 nitrogen and oxygen atoms in total. The minimum absolute atomic E-state index is 0. The van der Waals surface area contributed by atoms with Crippen LogP contribution in [0.15, 0.2) is 138 Å². The van der Waals surface area contributed by atoms with E-state index in [0.717, 1.165) is 34.7 Å². The van der Waals surface area contributed by atoms with Crippen molar-refractivity contribution in [1.82, 2.24) is 0 Å². The third-order valence-electron chi connectivity index (χ3n) is 7.28. The molecule has 1 unspecified atom stereocenters. The molecule has 0 saturated heterocycles. The number of carbonyl (C=O) groups is 1. The summed E-state index contributed by atoms with van der Waals surface area (Å²) in [7, 11) is -10.3.